The summed E-state index contributed by atoms with van der Waals surface area (Å²) in [5.41, 5.74) is 1.31. The van der Waals surface area contributed by atoms with Crippen molar-refractivity contribution in [1.82, 2.24) is 4.90 Å². The Morgan fingerprint density at radius 3 is 2.89 bits per heavy atom. The number of hydrogen-bond acceptors (Lipinski definition) is 2. The second kappa shape index (κ2) is 6.79. The highest BCUT2D eigenvalue weighted by atomic mass is 16.5. The minimum Gasteiger partial charge on any atom is -0.493 e. The van der Waals surface area contributed by atoms with Gasteiger partial charge in [0.1, 0.15) is 5.75 Å². The Kier molecular flexibility index (Phi) is 5.06. The number of rotatable bonds is 5. The second-order valence-electron chi connectivity index (χ2n) is 5.23. The predicted octanol–water partition coefficient (Wildman–Crippen LogP) is 3.50. The normalized spacial score (nSPS) is 20.9. The SMILES string of the molecule is CCc1ccccc1OCCC1CCCCN1C. The van der Waals surface area contributed by atoms with E-state index in [1.807, 2.05) is 0 Å². The summed E-state index contributed by atoms with van der Waals surface area (Å²) in [6.07, 6.45) is 6.25. The predicted molar refractivity (Wildman–Crippen MR) is 76.2 cm³/mol. The molecule has 0 bridgehead atoms. The summed E-state index contributed by atoms with van der Waals surface area (Å²) in [7, 11) is 2.24. The van der Waals surface area contributed by atoms with Gasteiger partial charge in [0.05, 0.1) is 6.61 Å². The van der Waals surface area contributed by atoms with Crippen LogP contribution in [0.5, 0.6) is 5.75 Å². The van der Waals surface area contributed by atoms with Crippen LogP contribution in [-0.4, -0.2) is 31.1 Å². The second-order valence-corrected chi connectivity index (χ2v) is 5.23. The van der Waals surface area contributed by atoms with Crippen molar-refractivity contribution in [3.05, 3.63) is 29.8 Å². The van der Waals surface area contributed by atoms with Gasteiger partial charge < -0.3 is 9.64 Å². The van der Waals surface area contributed by atoms with Crippen molar-refractivity contribution in [2.24, 2.45) is 0 Å². The van der Waals surface area contributed by atoms with Crippen molar-refractivity contribution in [3.8, 4) is 5.75 Å². The number of nitrogens with zero attached hydrogens (tertiary/aromatic N) is 1. The molecule has 18 heavy (non-hydrogen) atoms. The number of piperidine rings is 1. The number of hydrogen-bond donors (Lipinski definition) is 0. The van der Waals surface area contributed by atoms with Crippen molar-refractivity contribution < 1.29 is 4.74 Å². The summed E-state index contributed by atoms with van der Waals surface area (Å²) in [6, 6.07) is 9.10. The zero-order chi connectivity index (χ0) is 12.8. The summed E-state index contributed by atoms with van der Waals surface area (Å²) in [6.45, 7) is 4.26. The van der Waals surface area contributed by atoms with E-state index in [9.17, 15) is 0 Å². The van der Waals surface area contributed by atoms with E-state index >= 15 is 0 Å². The highest BCUT2D eigenvalue weighted by Crippen LogP contribution is 2.21. The van der Waals surface area contributed by atoms with Gasteiger partial charge in [0.2, 0.25) is 0 Å². The molecule has 2 heteroatoms. The fraction of sp³-hybridized carbons (Fsp3) is 0.625. The lowest BCUT2D eigenvalue weighted by Gasteiger charge is -2.32. The molecule has 1 heterocycles. The van der Waals surface area contributed by atoms with Crippen LogP contribution < -0.4 is 4.74 Å². The molecule has 1 aliphatic rings. The Labute approximate surface area is 111 Å². The lowest BCUT2D eigenvalue weighted by Crippen LogP contribution is -2.37. The van der Waals surface area contributed by atoms with E-state index in [2.05, 4.69) is 43.1 Å². The molecule has 1 aliphatic heterocycles. The van der Waals surface area contributed by atoms with E-state index in [0.29, 0.717) is 6.04 Å². The average Bonchev–Trinajstić information content (AvgIpc) is 2.41. The third-order valence-corrected chi connectivity index (χ3v) is 3.98. The maximum atomic E-state index is 5.95. The van der Waals surface area contributed by atoms with Gasteiger partial charge in [0.15, 0.2) is 0 Å². The van der Waals surface area contributed by atoms with Crippen LogP contribution in [-0.2, 0) is 6.42 Å². The number of likely N-dealkylation sites (tertiary alicyclic amines) is 1. The Bertz CT molecular complexity index is 364. The van der Waals surface area contributed by atoms with Crippen LogP contribution in [0.4, 0.5) is 0 Å². The van der Waals surface area contributed by atoms with Crippen molar-refractivity contribution in [3.63, 3.8) is 0 Å². The Hall–Kier alpha value is -1.02. The zero-order valence-electron chi connectivity index (χ0n) is 11.7. The van der Waals surface area contributed by atoms with E-state index in [1.54, 1.807) is 0 Å². The summed E-state index contributed by atoms with van der Waals surface area (Å²) >= 11 is 0. The maximum absolute atomic E-state index is 5.95. The summed E-state index contributed by atoms with van der Waals surface area (Å²) in [4.78, 5) is 2.48. The lowest BCUT2D eigenvalue weighted by atomic mass is 10.0. The van der Waals surface area contributed by atoms with E-state index in [-0.39, 0.29) is 0 Å². The zero-order valence-corrected chi connectivity index (χ0v) is 11.7. The third kappa shape index (κ3) is 3.49. The molecule has 0 N–H and O–H groups in total. The van der Waals surface area contributed by atoms with E-state index < -0.39 is 0 Å². The van der Waals surface area contributed by atoms with Gasteiger partial charge >= 0.3 is 0 Å². The summed E-state index contributed by atoms with van der Waals surface area (Å²) in [5, 5.41) is 0. The first kappa shape index (κ1) is 13.4. The topological polar surface area (TPSA) is 12.5 Å². The van der Waals surface area contributed by atoms with Gasteiger partial charge in [-0.3, -0.25) is 0 Å². The molecule has 0 radical (unpaired) electrons. The fourth-order valence-electron chi connectivity index (χ4n) is 2.75. The van der Waals surface area contributed by atoms with Gasteiger partial charge in [0.25, 0.3) is 0 Å². The average molecular weight is 247 g/mol. The molecule has 1 saturated heterocycles. The Morgan fingerprint density at radius 1 is 1.28 bits per heavy atom. The van der Waals surface area contributed by atoms with Crippen LogP contribution in [0, 0.1) is 0 Å². The van der Waals surface area contributed by atoms with Crippen molar-refractivity contribution >= 4 is 0 Å². The molecule has 1 unspecified atom stereocenters. The first-order chi connectivity index (χ1) is 8.81. The molecule has 1 atom stereocenters. The van der Waals surface area contributed by atoms with E-state index in [1.165, 1.54) is 31.4 Å². The molecule has 1 aromatic carbocycles. The van der Waals surface area contributed by atoms with E-state index in [4.69, 9.17) is 4.74 Å². The lowest BCUT2D eigenvalue weighted by molar-refractivity contribution is 0.153. The number of aryl methyl sites for hydroxylation is 1. The highest BCUT2D eigenvalue weighted by Gasteiger charge is 2.18. The monoisotopic (exact) mass is 247 g/mol. The van der Waals surface area contributed by atoms with Gasteiger partial charge in [0, 0.05) is 6.04 Å². The first-order valence-electron chi connectivity index (χ1n) is 7.22. The molecule has 1 aromatic rings. The fourth-order valence-corrected chi connectivity index (χ4v) is 2.75. The van der Waals surface area contributed by atoms with Crippen molar-refractivity contribution in [1.29, 1.82) is 0 Å². The molecular weight excluding hydrogens is 222 g/mol. The first-order valence-corrected chi connectivity index (χ1v) is 7.22. The van der Waals surface area contributed by atoms with Crippen LogP contribution >= 0.6 is 0 Å². The Morgan fingerprint density at radius 2 is 2.11 bits per heavy atom. The highest BCUT2D eigenvalue weighted by molar-refractivity contribution is 5.33. The van der Waals surface area contributed by atoms with Gasteiger partial charge in [-0.05, 0) is 50.9 Å². The molecule has 0 amide bonds. The molecular formula is C16H25NO. The van der Waals surface area contributed by atoms with Gasteiger partial charge in [-0.15, -0.1) is 0 Å². The van der Waals surface area contributed by atoms with E-state index in [0.717, 1.165) is 25.2 Å². The number of ether oxygens (including phenoxy) is 1. The van der Waals surface area contributed by atoms with Crippen molar-refractivity contribution in [2.45, 2.75) is 45.1 Å². The molecule has 2 rings (SSSR count). The van der Waals surface area contributed by atoms with Gasteiger partial charge in [-0.25, -0.2) is 0 Å². The van der Waals surface area contributed by atoms with Crippen LogP contribution in [0.1, 0.15) is 38.2 Å². The molecule has 0 aromatic heterocycles. The molecule has 100 valence electrons. The minimum atomic E-state index is 0.715. The minimum absolute atomic E-state index is 0.715. The van der Waals surface area contributed by atoms with Crippen LogP contribution in [0.2, 0.25) is 0 Å². The third-order valence-electron chi connectivity index (χ3n) is 3.98. The Balaban J connectivity index is 1.80. The maximum Gasteiger partial charge on any atom is 0.122 e. The van der Waals surface area contributed by atoms with Crippen LogP contribution in [0.3, 0.4) is 0 Å². The quantitative estimate of drug-likeness (QED) is 0.789. The largest absolute Gasteiger partial charge is 0.493 e. The summed E-state index contributed by atoms with van der Waals surface area (Å²) < 4.78 is 5.95. The summed E-state index contributed by atoms with van der Waals surface area (Å²) in [5.74, 6) is 1.07. The van der Waals surface area contributed by atoms with Gasteiger partial charge in [-0.2, -0.15) is 0 Å². The standard InChI is InChI=1S/C16H25NO/c1-3-14-8-4-5-10-16(14)18-13-11-15-9-6-7-12-17(15)2/h4-5,8,10,15H,3,6-7,9,11-13H2,1-2H3. The number of benzene rings is 1. The van der Waals surface area contributed by atoms with Gasteiger partial charge in [-0.1, -0.05) is 31.5 Å². The molecule has 0 saturated carbocycles. The number of para-hydroxylation sites is 1. The van der Waals surface area contributed by atoms with Crippen molar-refractivity contribution in [2.75, 3.05) is 20.2 Å². The smallest absolute Gasteiger partial charge is 0.122 e. The molecule has 1 fully saturated rings. The molecule has 0 aliphatic carbocycles. The van der Waals surface area contributed by atoms with Crippen LogP contribution in [0.15, 0.2) is 24.3 Å². The molecule has 0 spiro atoms. The van der Waals surface area contributed by atoms with Crippen LogP contribution in [0.25, 0.3) is 0 Å². The molecule has 2 nitrogen and oxygen atoms in total.